The molecule has 1 aliphatic heterocycles. The van der Waals surface area contributed by atoms with Crippen LogP contribution in [0.5, 0.6) is 0 Å². The molecular formula is C17H16N2O6. The Bertz CT molecular complexity index is 930. The fourth-order valence-corrected chi connectivity index (χ4v) is 2.67. The van der Waals surface area contributed by atoms with Crippen molar-refractivity contribution in [3.05, 3.63) is 52.1 Å². The van der Waals surface area contributed by atoms with Gasteiger partial charge in [0.05, 0.1) is 26.4 Å². The van der Waals surface area contributed by atoms with Crippen molar-refractivity contribution in [2.24, 2.45) is 0 Å². The molecular weight excluding hydrogens is 328 g/mol. The minimum Gasteiger partial charge on any atom is -0.466 e. The maximum absolute atomic E-state index is 12.3. The number of benzene rings is 1. The molecule has 25 heavy (non-hydrogen) atoms. The summed E-state index contributed by atoms with van der Waals surface area (Å²) in [6.07, 6.45) is 1.60. The van der Waals surface area contributed by atoms with Crippen LogP contribution in [0.1, 0.15) is 0 Å². The van der Waals surface area contributed by atoms with Crippen molar-refractivity contribution < 1.29 is 23.8 Å². The lowest BCUT2D eigenvalue weighted by Gasteiger charge is -2.31. The number of pyridine rings is 1. The predicted molar refractivity (Wildman–Crippen MR) is 88.9 cm³/mol. The van der Waals surface area contributed by atoms with Gasteiger partial charge in [-0.1, -0.05) is 6.07 Å². The zero-order chi connectivity index (χ0) is 18.0. The molecule has 1 aromatic heterocycles. The second-order valence-corrected chi connectivity index (χ2v) is 5.33. The number of aromatic nitrogens is 1. The van der Waals surface area contributed by atoms with Gasteiger partial charge in [-0.2, -0.15) is 0 Å². The highest BCUT2D eigenvalue weighted by Gasteiger charge is 2.32. The van der Waals surface area contributed by atoms with Crippen LogP contribution in [0, 0.1) is 0 Å². The molecule has 1 aromatic carbocycles. The molecule has 0 spiro atoms. The molecule has 8 nitrogen and oxygen atoms in total. The molecule has 0 unspecified atom stereocenters. The van der Waals surface area contributed by atoms with E-state index in [0.29, 0.717) is 11.1 Å². The molecule has 0 saturated carbocycles. The largest absolute Gasteiger partial charge is 0.466 e. The van der Waals surface area contributed by atoms with E-state index in [1.54, 1.807) is 24.4 Å². The molecule has 0 saturated heterocycles. The molecule has 1 aliphatic rings. The SMILES string of the molecule is COC(=O)C1=C(C(=O)OC)N(c2ccc3c[nH]c(=O)cc3c2)COC1. The molecule has 2 heterocycles. The number of nitrogens with one attached hydrogen (secondary N) is 1. The molecule has 1 N–H and O–H groups in total. The lowest BCUT2D eigenvalue weighted by Crippen LogP contribution is -2.38. The van der Waals surface area contributed by atoms with E-state index < -0.39 is 11.9 Å². The van der Waals surface area contributed by atoms with E-state index in [0.717, 1.165) is 5.39 Å². The zero-order valence-electron chi connectivity index (χ0n) is 13.7. The summed E-state index contributed by atoms with van der Waals surface area (Å²) >= 11 is 0. The highest BCUT2D eigenvalue weighted by molar-refractivity contribution is 6.03. The summed E-state index contributed by atoms with van der Waals surface area (Å²) in [6, 6.07) is 6.73. The van der Waals surface area contributed by atoms with E-state index in [-0.39, 0.29) is 30.2 Å². The Balaban J connectivity index is 2.14. The Labute approximate surface area is 142 Å². The van der Waals surface area contributed by atoms with E-state index in [9.17, 15) is 14.4 Å². The standard InChI is InChI=1S/C17H16N2O6/c1-23-16(21)13-8-25-9-19(15(13)17(22)24-2)12-4-3-10-7-18-14(20)6-11(10)5-12/h3-7H,8-9H2,1-2H3,(H,18,20). The number of fused-ring (bicyclic) bond motifs is 1. The van der Waals surface area contributed by atoms with E-state index in [1.807, 2.05) is 0 Å². The highest BCUT2D eigenvalue weighted by atomic mass is 16.5. The van der Waals surface area contributed by atoms with Gasteiger partial charge >= 0.3 is 11.9 Å². The Kier molecular flexibility index (Phi) is 4.53. The lowest BCUT2D eigenvalue weighted by molar-refractivity contribution is -0.140. The lowest BCUT2D eigenvalue weighted by atomic mass is 10.1. The first kappa shape index (κ1) is 16.7. The van der Waals surface area contributed by atoms with Crippen molar-refractivity contribution >= 4 is 28.4 Å². The third-order valence-electron chi connectivity index (χ3n) is 3.87. The number of nitrogens with zero attached hydrogens (tertiary/aromatic N) is 1. The number of esters is 2. The van der Waals surface area contributed by atoms with Crippen LogP contribution >= 0.6 is 0 Å². The molecule has 2 aromatic rings. The molecule has 0 radical (unpaired) electrons. The smallest absolute Gasteiger partial charge is 0.355 e. The number of hydrogen-bond acceptors (Lipinski definition) is 7. The maximum Gasteiger partial charge on any atom is 0.355 e. The van der Waals surface area contributed by atoms with Gasteiger partial charge in [0.2, 0.25) is 5.56 Å². The van der Waals surface area contributed by atoms with Crippen molar-refractivity contribution in [2.45, 2.75) is 0 Å². The van der Waals surface area contributed by atoms with Gasteiger partial charge in [0.25, 0.3) is 0 Å². The molecule has 3 rings (SSSR count). The summed E-state index contributed by atoms with van der Waals surface area (Å²) in [5.74, 6) is -1.34. The molecule has 0 bridgehead atoms. The predicted octanol–water partition coefficient (Wildman–Crippen LogP) is 0.922. The van der Waals surface area contributed by atoms with Crippen LogP contribution < -0.4 is 10.5 Å². The Hall–Kier alpha value is -3.13. The number of H-pyrrole nitrogens is 1. The van der Waals surface area contributed by atoms with Crippen molar-refractivity contribution in [2.75, 3.05) is 32.5 Å². The molecule has 0 amide bonds. The van der Waals surface area contributed by atoms with Gasteiger partial charge in [-0.3, -0.25) is 4.79 Å². The maximum atomic E-state index is 12.3. The molecule has 0 aliphatic carbocycles. The topological polar surface area (TPSA) is 97.9 Å². The van der Waals surface area contributed by atoms with Crippen molar-refractivity contribution in [3.8, 4) is 0 Å². The summed E-state index contributed by atoms with van der Waals surface area (Å²) in [6.45, 7) is 0.000477. The second kappa shape index (κ2) is 6.78. The number of carbonyl (C=O) groups is 2. The average Bonchev–Trinajstić information content (AvgIpc) is 2.65. The number of carbonyl (C=O) groups excluding carboxylic acids is 2. The first-order valence-corrected chi connectivity index (χ1v) is 7.42. The fraction of sp³-hybridized carbons (Fsp3) is 0.235. The van der Waals surface area contributed by atoms with Gasteiger partial charge in [0.15, 0.2) is 0 Å². The number of methoxy groups -OCH3 is 2. The number of anilines is 1. The molecule has 8 heteroatoms. The van der Waals surface area contributed by atoms with Crippen molar-refractivity contribution in [3.63, 3.8) is 0 Å². The Morgan fingerprint density at radius 2 is 1.88 bits per heavy atom. The molecule has 0 fully saturated rings. The first-order valence-electron chi connectivity index (χ1n) is 7.42. The Morgan fingerprint density at radius 1 is 1.12 bits per heavy atom. The van der Waals surface area contributed by atoms with E-state index in [1.165, 1.54) is 25.2 Å². The van der Waals surface area contributed by atoms with Crippen molar-refractivity contribution in [1.82, 2.24) is 4.98 Å². The monoisotopic (exact) mass is 344 g/mol. The highest BCUT2D eigenvalue weighted by Crippen LogP contribution is 2.28. The number of aromatic amines is 1. The summed E-state index contributed by atoms with van der Waals surface area (Å²) in [5.41, 5.74) is 0.481. The van der Waals surface area contributed by atoms with Crippen LogP contribution in [0.15, 0.2) is 46.5 Å². The van der Waals surface area contributed by atoms with Crippen LogP contribution in [-0.4, -0.2) is 44.5 Å². The van der Waals surface area contributed by atoms with Crippen LogP contribution in [0.25, 0.3) is 10.8 Å². The third kappa shape index (κ3) is 3.11. The minimum atomic E-state index is -0.672. The normalized spacial score (nSPS) is 14.6. The van der Waals surface area contributed by atoms with Crippen LogP contribution in [0.4, 0.5) is 5.69 Å². The van der Waals surface area contributed by atoms with Gasteiger partial charge in [0.1, 0.15) is 12.4 Å². The second-order valence-electron chi connectivity index (χ2n) is 5.33. The van der Waals surface area contributed by atoms with Gasteiger partial charge in [-0.15, -0.1) is 0 Å². The van der Waals surface area contributed by atoms with E-state index >= 15 is 0 Å². The van der Waals surface area contributed by atoms with Crippen molar-refractivity contribution in [1.29, 1.82) is 0 Å². The van der Waals surface area contributed by atoms with Crippen LogP contribution in [0.3, 0.4) is 0 Å². The summed E-state index contributed by atoms with van der Waals surface area (Å²) in [5, 5.41) is 1.52. The van der Waals surface area contributed by atoms with Gasteiger partial charge in [-0.05, 0) is 22.9 Å². The summed E-state index contributed by atoms with van der Waals surface area (Å²) < 4.78 is 15.0. The van der Waals surface area contributed by atoms with E-state index in [4.69, 9.17) is 14.2 Å². The average molecular weight is 344 g/mol. The van der Waals surface area contributed by atoms with Gasteiger partial charge in [0, 0.05) is 18.0 Å². The van der Waals surface area contributed by atoms with E-state index in [2.05, 4.69) is 4.98 Å². The zero-order valence-corrected chi connectivity index (χ0v) is 13.7. The third-order valence-corrected chi connectivity index (χ3v) is 3.87. The number of ether oxygens (including phenoxy) is 3. The first-order chi connectivity index (χ1) is 12.0. The number of hydrogen-bond donors (Lipinski definition) is 1. The Morgan fingerprint density at radius 3 is 2.60 bits per heavy atom. The molecule has 0 atom stereocenters. The minimum absolute atomic E-state index is 0.0547. The number of rotatable bonds is 3. The van der Waals surface area contributed by atoms with Gasteiger partial charge in [-0.25, -0.2) is 9.59 Å². The summed E-state index contributed by atoms with van der Waals surface area (Å²) in [4.78, 5) is 39.9. The quantitative estimate of drug-likeness (QED) is 0.827. The van der Waals surface area contributed by atoms with Gasteiger partial charge < -0.3 is 24.1 Å². The molecule has 130 valence electrons. The fourth-order valence-electron chi connectivity index (χ4n) is 2.67. The summed E-state index contributed by atoms with van der Waals surface area (Å²) in [7, 11) is 2.46. The van der Waals surface area contributed by atoms with Crippen LogP contribution in [-0.2, 0) is 23.8 Å². The van der Waals surface area contributed by atoms with Crippen LogP contribution in [0.2, 0.25) is 0 Å².